The zero-order valence-electron chi connectivity index (χ0n) is 13.4. The van der Waals surface area contributed by atoms with E-state index in [0.717, 1.165) is 12.3 Å². The van der Waals surface area contributed by atoms with Crippen LogP contribution in [0.2, 0.25) is 0 Å². The van der Waals surface area contributed by atoms with Crippen LogP contribution in [0.1, 0.15) is 34.9 Å². The molecule has 0 aliphatic heterocycles. The molecule has 1 unspecified atom stereocenters. The summed E-state index contributed by atoms with van der Waals surface area (Å²) in [6, 6.07) is 4.72. The van der Waals surface area contributed by atoms with Crippen molar-refractivity contribution in [2.45, 2.75) is 19.1 Å². The Kier molecular flexibility index (Phi) is 4.65. The first kappa shape index (κ1) is 17.5. The predicted molar refractivity (Wildman–Crippen MR) is 82.6 cm³/mol. The van der Waals surface area contributed by atoms with Gasteiger partial charge in [0, 0.05) is 24.2 Å². The molecule has 1 atom stereocenters. The average molecular weight is 363 g/mol. The number of rotatable bonds is 4. The number of hydrogen-bond donors (Lipinski definition) is 1. The van der Waals surface area contributed by atoms with Crippen molar-refractivity contribution in [3.8, 4) is 11.4 Å². The highest BCUT2D eigenvalue weighted by molar-refractivity contribution is 5.93. The van der Waals surface area contributed by atoms with E-state index in [1.54, 1.807) is 19.1 Å². The molecule has 0 aromatic carbocycles. The van der Waals surface area contributed by atoms with Crippen LogP contribution in [0.5, 0.6) is 0 Å². The van der Waals surface area contributed by atoms with Crippen molar-refractivity contribution in [2.24, 2.45) is 0 Å². The summed E-state index contributed by atoms with van der Waals surface area (Å²) in [6.45, 7) is 1.61. The number of alkyl halides is 3. The molecule has 0 fully saturated rings. The van der Waals surface area contributed by atoms with E-state index in [0.29, 0.717) is 5.56 Å². The maximum Gasteiger partial charge on any atom is 0.433 e. The first-order valence-corrected chi connectivity index (χ1v) is 7.42. The Morgan fingerprint density at radius 2 is 2.08 bits per heavy atom. The first-order valence-electron chi connectivity index (χ1n) is 7.42. The lowest BCUT2D eigenvalue weighted by Crippen LogP contribution is -2.26. The molecule has 10 heteroatoms. The summed E-state index contributed by atoms with van der Waals surface area (Å²) in [6.07, 6.45) is -0.624. The van der Waals surface area contributed by atoms with Crippen molar-refractivity contribution >= 4 is 5.91 Å². The van der Waals surface area contributed by atoms with Crippen molar-refractivity contribution < 1.29 is 22.5 Å². The number of carbonyl (C=O) groups is 1. The van der Waals surface area contributed by atoms with Crippen LogP contribution in [-0.4, -0.2) is 26.0 Å². The van der Waals surface area contributed by atoms with Crippen LogP contribution in [-0.2, 0) is 6.18 Å². The molecule has 7 nitrogen and oxygen atoms in total. The van der Waals surface area contributed by atoms with E-state index in [-0.39, 0.29) is 17.3 Å². The van der Waals surface area contributed by atoms with Gasteiger partial charge in [0.05, 0.1) is 5.56 Å². The Morgan fingerprint density at radius 1 is 1.27 bits per heavy atom. The normalized spacial score (nSPS) is 12.6. The summed E-state index contributed by atoms with van der Waals surface area (Å²) in [7, 11) is 0. The second-order valence-corrected chi connectivity index (χ2v) is 5.32. The third-order valence-electron chi connectivity index (χ3n) is 3.39. The van der Waals surface area contributed by atoms with Crippen molar-refractivity contribution in [3.05, 3.63) is 60.0 Å². The Hall–Kier alpha value is -3.30. The number of hydrogen-bond acceptors (Lipinski definition) is 6. The molecule has 0 aliphatic rings. The highest BCUT2D eigenvalue weighted by Crippen LogP contribution is 2.29. The number of nitrogens with zero attached hydrogens (tertiary/aromatic N) is 4. The zero-order chi connectivity index (χ0) is 18.7. The van der Waals surface area contributed by atoms with E-state index in [2.05, 4.69) is 25.4 Å². The van der Waals surface area contributed by atoms with Gasteiger partial charge >= 0.3 is 6.18 Å². The molecular weight excluding hydrogens is 351 g/mol. The lowest BCUT2D eigenvalue weighted by atomic mass is 10.2. The minimum atomic E-state index is -4.58. The molecule has 3 rings (SSSR count). The molecule has 0 radical (unpaired) electrons. The number of nitrogens with one attached hydrogen (secondary N) is 1. The van der Waals surface area contributed by atoms with E-state index < -0.39 is 23.8 Å². The van der Waals surface area contributed by atoms with E-state index in [1.165, 1.54) is 18.5 Å². The van der Waals surface area contributed by atoms with Gasteiger partial charge in [-0.15, -0.1) is 0 Å². The van der Waals surface area contributed by atoms with Crippen LogP contribution in [0.3, 0.4) is 0 Å². The lowest BCUT2D eigenvalue weighted by molar-refractivity contribution is -0.141. The van der Waals surface area contributed by atoms with Gasteiger partial charge < -0.3 is 9.84 Å². The average Bonchev–Trinajstić information content (AvgIpc) is 3.12. The molecule has 134 valence electrons. The molecule has 3 aromatic rings. The summed E-state index contributed by atoms with van der Waals surface area (Å²) in [5, 5.41) is 6.31. The quantitative estimate of drug-likeness (QED) is 0.766. The van der Waals surface area contributed by atoms with Gasteiger partial charge in [0.25, 0.3) is 5.91 Å². The third kappa shape index (κ3) is 3.85. The van der Waals surface area contributed by atoms with Crippen molar-refractivity contribution in [1.82, 2.24) is 25.4 Å². The van der Waals surface area contributed by atoms with Crippen LogP contribution in [0.4, 0.5) is 13.2 Å². The fourth-order valence-corrected chi connectivity index (χ4v) is 2.09. The number of amides is 1. The molecule has 0 bridgehead atoms. The molecule has 0 saturated heterocycles. The topological polar surface area (TPSA) is 93.8 Å². The van der Waals surface area contributed by atoms with Crippen molar-refractivity contribution in [1.29, 1.82) is 0 Å². The molecule has 0 saturated carbocycles. The van der Waals surface area contributed by atoms with Gasteiger partial charge in [-0.2, -0.15) is 18.2 Å². The monoisotopic (exact) mass is 363 g/mol. The molecule has 1 N–H and O–H groups in total. The fourth-order valence-electron chi connectivity index (χ4n) is 2.09. The highest BCUT2D eigenvalue weighted by atomic mass is 19.4. The molecule has 3 heterocycles. The van der Waals surface area contributed by atoms with Gasteiger partial charge in [0.15, 0.2) is 0 Å². The van der Waals surface area contributed by atoms with E-state index in [4.69, 9.17) is 4.52 Å². The van der Waals surface area contributed by atoms with Crippen LogP contribution in [0.25, 0.3) is 11.4 Å². The summed E-state index contributed by atoms with van der Waals surface area (Å²) in [4.78, 5) is 23.3. The van der Waals surface area contributed by atoms with E-state index >= 15 is 0 Å². The Balaban J connectivity index is 1.76. The van der Waals surface area contributed by atoms with Crippen molar-refractivity contribution in [2.75, 3.05) is 0 Å². The molecule has 3 aromatic heterocycles. The van der Waals surface area contributed by atoms with Gasteiger partial charge in [0.1, 0.15) is 11.7 Å². The number of halogens is 3. The van der Waals surface area contributed by atoms with Gasteiger partial charge in [-0.3, -0.25) is 14.8 Å². The van der Waals surface area contributed by atoms with Gasteiger partial charge in [-0.05, 0) is 31.2 Å². The largest absolute Gasteiger partial charge is 0.433 e. The van der Waals surface area contributed by atoms with Gasteiger partial charge in [-0.1, -0.05) is 5.16 Å². The molecule has 26 heavy (non-hydrogen) atoms. The number of pyridine rings is 2. The zero-order valence-corrected chi connectivity index (χ0v) is 13.4. The number of aromatic nitrogens is 4. The van der Waals surface area contributed by atoms with Crippen LogP contribution in [0, 0.1) is 0 Å². The third-order valence-corrected chi connectivity index (χ3v) is 3.39. The first-order chi connectivity index (χ1) is 12.3. The highest BCUT2D eigenvalue weighted by Gasteiger charge is 2.33. The van der Waals surface area contributed by atoms with Gasteiger partial charge in [0.2, 0.25) is 11.7 Å². The minimum absolute atomic E-state index is 0.0321. The molecule has 0 spiro atoms. The SMILES string of the molecule is CC(NC(=O)c1cccnc1)c1nc(-c2ccnc(C(F)(F)F)c2)no1. The Morgan fingerprint density at radius 3 is 2.77 bits per heavy atom. The molecule has 1 amide bonds. The Bertz CT molecular complexity index is 912. The maximum atomic E-state index is 12.7. The molecular formula is C16H12F3N5O2. The fraction of sp³-hybridized carbons (Fsp3) is 0.188. The van der Waals surface area contributed by atoms with Crippen LogP contribution in [0.15, 0.2) is 47.4 Å². The number of carbonyl (C=O) groups excluding carboxylic acids is 1. The second kappa shape index (κ2) is 6.90. The smallest absolute Gasteiger partial charge is 0.340 e. The van der Waals surface area contributed by atoms with Gasteiger partial charge in [-0.25, -0.2) is 0 Å². The predicted octanol–water partition coefficient (Wildman–Crippen LogP) is 3.04. The second-order valence-electron chi connectivity index (χ2n) is 5.32. The Labute approximate surface area is 145 Å². The molecule has 0 aliphatic carbocycles. The lowest BCUT2D eigenvalue weighted by Gasteiger charge is -2.09. The van der Waals surface area contributed by atoms with Crippen LogP contribution < -0.4 is 5.32 Å². The summed E-state index contributed by atoms with van der Waals surface area (Å²) in [5.74, 6) is -0.369. The van der Waals surface area contributed by atoms with Crippen molar-refractivity contribution in [3.63, 3.8) is 0 Å². The minimum Gasteiger partial charge on any atom is -0.340 e. The standard InChI is InChI=1S/C16H12F3N5O2/c1-9(22-14(25)11-3-2-5-20-8-11)15-23-13(24-26-15)10-4-6-21-12(7-10)16(17,18)19/h2-9H,1H3,(H,22,25). The summed E-state index contributed by atoms with van der Waals surface area (Å²) in [5.41, 5.74) is -0.601. The van der Waals surface area contributed by atoms with E-state index in [1.807, 2.05) is 0 Å². The maximum absolute atomic E-state index is 12.7. The summed E-state index contributed by atoms with van der Waals surface area (Å²) >= 11 is 0. The summed E-state index contributed by atoms with van der Waals surface area (Å²) < 4.78 is 43.3. The van der Waals surface area contributed by atoms with Crippen LogP contribution >= 0.6 is 0 Å². The van der Waals surface area contributed by atoms with E-state index in [9.17, 15) is 18.0 Å².